The smallest absolute Gasteiger partial charge is 0.0830 e. The fourth-order valence-corrected chi connectivity index (χ4v) is 1.23. The zero-order valence-electron chi connectivity index (χ0n) is 7.84. The summed E-state index contributed by atoms with van der Waals surface area (Å²) in [6.45, 7) is 4.17. The number of aliphatic hydroxyl groups is 1. The van der Waals surface area contributed by atoms with Crippen LogP contribution in [0, 0.1) is 0 Å². The molecule has 2 nitrogen and oxygen atoms in total. The molecule has 1 N–H and O–H groups in total. The minimum atomic E-state index is -0.273. The number of rotatable bonds is 6. The molecule has 0 heterocycles. The molecule has 2 heteroatoms. The van der Waals surface area contributed by atoms with Gasteiger partial charge in [-0.3, -0.25) is 0 Å². The van der Waals surface area contributed by atoms with E-state index in [4.69, 9.17) is 4.74 Å². The summed E-state index contributed by atoms with van der Waals surface area (Å²) >= 11 is 0. The predicted molar refractivity (Wildman–Crippen MR) is 46.6 cm³/mol. The molecule has 68 valence electrons. The number of hydrogen-bond donors (Lipinski definition) is 1. The molecule has 0 aromatic heterocycles. The van der Waals surface area contributed by atoms with Crippen LogP contribution in [0.3, 0.4) is 0 Å². The lowest BCUT2D eigenvalue weighted by Gasteiger charge is -2.20. The fourth-order valence-electron chi connectivity index (χ4n) is 1.23. The molecule has 0 aliphatic heterocycles. The summed E-state index contributed by atoms with van der Waals surface area (Å²) in [5, 5.41) is 9.52. The summed E-state index contributed by atoms with van der Waals surface area (Å²) in [5.41, 5.74) is 0. The van der Waals surface area contributed by atoms with Gasteiger partial charge in [-0.05, 0) is 12.8 Å². The van der Waals surface area contributed by atoms with Gasteiger partial charge in [0.2, 0.25) is 0 Å². The van der Waals surface area contributed by atoms with Crippen LogP contribution in [0.1, 0.15) is 39.5 Å². The first-order valence-electron chi connectivity index (χ1n) is 4.47. The molecule has 0 saturated carbocycles. The van der Waals surface area contributed by atoms with Gasteiger partial charge in [0.15, 0.2) is 0 Å². The molecule has 2 atom stereocenters. The second-order valence-electron chi connectivity index (χ2n) is 2.92. The quantitative estimate of drug-likeness (QED) is 0.643. The Morgan fingerprint density at radius 3 is 2.09 bits per heavy atom. The molecule has 11 heavy (non-hydrogen) atoms. The summed E-state index contributed by atoms with van der Waals surface area (Å²) in [6, 6.07) is 0. The summed E-state index contributed by atoms with van der Waals surface area (Å²) in [7, 11) is 1.67. The van der Waals surface area contributed by atoms with Crippen molar-refractivity contribution < 1.29 is 9.84 Å². The molecular weight excluding hydrogens is 140 g/mol. The van der Waals surface area contributed by atoms with Crippen LogP contribution in [0.15, 0.2) is 0 Å². The Morgan fingerprint density at radius 1 is 1.18 bits per heavy atom. The average molecular weight is 160 g/mol. The van der Waals surface area contributed by atoms with Crippen LogP contribution >= 0.6 is 0 Å². The van der Waals surface area contributed by atoms with E-state index < -0.39 is 0 Å². The standard InChI is InChI=1S/C9H20O2/c1-4-6-8(10)9(11-3)7-5-2/h8-10H,4-7H2,1-3H3. The van der Waals surface area contributed by atoms with Crippen LogP contribution in [0.25, 0.3) is 0 Å². The van der Waals surface area contributed by atoms with Gasteiger partial charge in [0.25, 0.3) is 0 Å². The highest BCUT2D eigenvalue weighted by Gasteiger charge is 2.15. The van der Waals surface area contributed by atoms with Gasteiger partial charge in [0.05, 0.1) is 12.2 Å². The Kier molecular flexibility index (Phi) is 6.57. The highest BCUT2D eigenvalue weighted by molar-refractivity contribution is 4.67. The summed E-state index contributed by atoms with van der Waals surface area (Å²) in [5.74, 6) is 0. The monoisotopic (exact) mass is 160 g/mol. The molecular formula is C9H20O2. The van der Waals surface area contributed by atoms with Gasteiger partial charge >= 0.3 is 0 Å². The molecule has 0 saturated heterocycles. The zero-order valence-corrected chi connectivity index (χ0v) is 7.84. The highest BCUT2D eigenvalue weighted by Crippen LogP contribution is 2.10. The minimum absolute atomic E-state index is 0.0416. The second kappa shape index (κ2) is 6.62. The first-order chi connectivity index (χ1) is 5.26. The zero-order chi connectivity index (χ0) is 8.69. The Morgan fingerprint density at radius 2 is 1.73 bits per heavy atom. The van der Waals surface area contributed by atoms with Crippen molar-refractivity contribution in [1.82, 2.24) is 0 Å². The van der Waals surface area contributed by atoms with Gasteiger partial charge in [-0.25, -0.2) is 0 Å². The van der Waals surface area contributed by atoms with Gasteiger partial charge in [-0.1, -0.05) is 26.7 Å². The Bertz CT molecular complexity index is 83.6. The molecule has 0 aromatic carbocycles. The van der Waals surface area contributed by atoms with E-state index in [0.29, 0.717) is 0 Å². The van der Waals surface area contributed by atoms with Gasteiger partial charge in [-0.2, -0.15) is 0 Å². The number of aliphatic hydroxyl groups excluding tert-OH is 1. The van der Waals surface area contributed by atoms with E-state index in [1.165, 1.54) is 0 Å². The van der Waals surface area contributed by atoms with Crippen LogP contribution in [0.2, 0.25) is 0 Å². The minimum Gasteiger partial charge on any atom is -0.390 e. The third kappa shape index (κ3) is 4.38. The fraction of sp³-hybridized carbons (Fsp3) is 1.00. The molecule has 0 fully saturated rings. The maximum atomic E-state index is 9.52. The molecule has 2 unspecified atom stereocenters. The van der Waals surface area contributed by atoms with Crippen molar-refractivity contribution in [2.24, 2.45) is 0 Å². The third-order valence-electron chi connectivity index (χ3n) is 1.89. The summed E-state index contributed by atoms with van der Waals surface area (Å²) in [6.07, 6.45) is 3.66. The molecule has 0 bridgehead atoms. The molecule has 0 radical (unpaired) electrons. The SMILES string of the molecule is CCCC(O)C(CCC)OC. The second-order valence-corrected chi connectivity index (χ2v) is 2.92. The van der Waals surface area contributed by atoms with Crippen LogP contribution in [-0.2, 0) is 4.74 Å². The number of methoxy groups -OCH3 is 1. The van der Waals surface area contributed by atoms with E-state index >= 15 is 0 Å². The molecule has 0 rings (SSSR count). The van der Waals surface area contributed by atoms with E-state index in [2.05, 4.69) is 13.8 Å². The molecule has 0 aliphatic carbocycles. The van der Waals surface area contributed by atoms with Crippen molar-refractivity contribution in [2.45, 2.75) is 51.7 Å². The molecule has 0 amide bonds. The van der Waals surface area contributed by atoms with Crippen LogP contribution < -0.4 is 0 Å². The Labute approximate surface area is 69.6 Å². The van der Waals surface area contributed by atoms with Gasteiger partial charge in [0, 0.05) is 7.11 Å². The lowest BCUT2D eigenvalue weighted by molar-refractivity contribution is -0.0203. The van der Waals surface area contributed by atoms with Gasteiger partial charge in [0.1, 0.15) is 0 Å². The Hall–Kier alpha value is -0.0800. The predicted octanol–water partition coefficient (Wildman–Crippen LogP) is 1.96. The number of hydrogen-bond acceptors (Lipinski definition) is 2. The van der Waals surface area contributed by atoms with E-state index in [1.807, 2.05) is 0 Å². The van der Waals surface area contributed by atoms with Crippen LogP contribution in [0.5, 0.6) is 0 Å². The third-order valence-corrected chi connectivity index (χ3v) is 1.89. The van der Waals surface area contributed by atoms with E-state index in [9.17, 15) is 5.11 Å². The topological polar surface area (TPSA) is 29.5 Å². The van der Waals surface area contributed by atoms with Crippen molar-refractivity contribution in [3.8, 4) is 0 Å². The summed E-state index contributed by atoms with van der Waals surface area (Å²) in [4.78, 5) is 0. The van der Waals surface area contributed by atoms with Crippen molar-refractivity contribution in [1.29, 1.82) is 0 Å². The summed E-state index contributed by atoms with van der Waals surface area (Å²) < 4.78 is 5.16. The van der Waals surface area contributed by atoms with Crippen LogP contribution in [0.4, 0.5) is 0 Å². The van der Waals surface area contributed by atoms with Gasteiger partial charge in [-0.15, -0.1) is 0 Å². The van der Waals surface area contributed by atoms with Crippen molar-refractivity contribution in [3.63, 3.8) is 0 Å². The van der Waals surface area contributed by atoms with Crippen molar-refractivity contribution in [3.05, 3.63) is 0 Å². The normalized spacial score (nSPS) is 16.4. The van der Waals surface area contributed by atoms with E-state index in [-0.39, 0.29) is 12.2 Å². The molecule has 0 spiro atoms. The van der Waals surface area contributed by atoms with Crippen molar-refractivity contribution in [2.75, 3.05) is 7.11 Å². The maximum Gasteiger partial charge on any atom is 0.0830 e. The largest absolute Gasteiger partial charge is 0.390 e. The van der Waals surface area contributed by atoms with E-state index in [0.717, 1.165) is 25.7 Å². The van der Waals surface area contributed by atoms with Gasteiger partial charge < -0.3 is 9.84 Å². The molecule has 0 aliphatic rings. The maximum absolute atomic E-state index is 9.52. The lowest BCUT2D eigenvalue weighted by atomic mass is 10.1. The Balaban J connectivity index is 3.61. The highest BCUT2D eigenvalue weighted by atomic mass is 16.5. The average Bonchev–Trinajstić information content (AvgIpc) is 2.00. The molecule has 0 aromatic rings. The number of ether oxygens (including phenoxy) is 1. The van der Waals surface area contributed by atoms with Crippen molar-refractivity contribution >= 4 is 0 Å². The lowest BCUT2D eigenvalue weighted by Crippen LogP contribution is -2.27. The van der Waals surface area contributed by atoms with Crippen LogP contribution in [-0.4, -0.2) is 24.4 Å². The first-order valence-corrected chi connectivity index (χ1v) is 4.47. The first kappa shape index (κ1) is 10.9. The van der Waals surface area contributed by atoms with E-state index in [1.54, 1.807) is 7.11 Å².